The molecule has 0 spiro atoms. The summed E-state index contributed by atoms with van der Waals surface area (Å²) in [5, 5.41) is 15.8. The number of nitrogens with two attached hydrogens (primary N) is 2. The van der Waals surface area contributed by atoms with Crippen LogP contribution in [-0.4, -0.2) is 177 Å². The van der Waals surface area contributed by atoms with Crippen LogP contribution in [0.2, 0.25) is 0 Å². The maximum Gasteiger partial charge on any atom is 0.277 e. The second-order valence-electron chi connectivity index (χ2n) is 26.4. The van der Waals surface area contributed by atoms with Crippen LogP contribution in [0.1, 0.15) is 97.5 Å². The number of carbonyl (C=O) groups excluding carboxylic acids is 1. The minimum Gasteiger partial charge on any atom is -0.369 e. The average Bonchev–Trinajstić information content (AvgIpc) is 1.64. The number of aryl methyl sites for hydroxylation is 2. The molecule has 9 N–H and O–H groups in total. The van der Waals surface area contributed by atoms with Crippen LogP contribution in [-0.2, 0) is 50.0 Å². The van der Waals surface area contributed by atoms with Crippen LogP contribution in [0.15, 0.2) is 152 Å². The Bertz CT molecular complexity index is 5330. The van der Waals surface area contributed by atoms with Crippen molar-refractivity contribution in [2.24, 2.45) is 10.3 Å². The number of sulfonamides is 2. The molecular weight excluding hydrogens is 1380 g/mol. The van der Waals surface area contributed by atoms with Gasteiger partial charge in [-0.1, -0.05) is 78.9 Å². The van der Waals surface area contributed by atoms with Crippen molar-refractivity contribution in [3.63, 3.8) is 0 Å². The van der Waals surface area contributed by atoms with Crippen molar-refractivity contribution in [2.75, 3.05) is 84.6 Å². The fourth-order valence-corrected chi connectivity index (χ4v) is 16.9. The molecule has 102 heavy (non-hydrogen) atoms. The van der Waals surface area contributed by atoms with Gasteiger partial charge in [0.05, 0.1) is 18.6 Å². The summed E-state index contributed by atoms with van der Waals surface area (Å²) in [6.45, 7) is 13.1. The van der Waals surface area contributed by atoms with Crippen molar-refractivity contribution in [1.29, 1.82) is 0 Å². The van der Waals surface area contributed by atoms with E-state index >= 15 is 0 Å². The highest BCUT2D eigenvalue weighted by atomic mass is 32.2. The van der Waals surface area contributed by atoms with Gasteiger partial charge in [0, 0.05) is 172 Å². The number of nitrogens with one attached hydrogen (secondary N) is 5. The molecular formula is C74H88F2N12O10S4. The Morgan fingerprint density at radius 1 is 0.490 bits per heavy atom. The summed E-state index contributed by atoms with van der Waals surface area (Å²) in [7, 11) is -13.3. The van der Waals surface area contributed by atoms with E-state index in [2.05, 4.69) is 81.2 Å². The summed E-state index contributed by atoms with van der Waals surface area (Å²) in [4.78, 5) is 30.1. The number of rotatable bonds is 12. The van der Waals surface area contributed by atoms with E-state index in [1.54, 1.807) is 21.3 Å². The van der Waals surface area contributed by atoms with Gasteiger partial charge in [-0.15, -0.1) is 0 Å². The van der Waals surface area contributed by atoms with E-state index in [4.69, 9.17) is 15.0 Å². The molecule has 22 nitrogen and oxygen atoms in total. The third kappa shape index (κ3) is 18.0. The van der Waals surface area contributed by atoms with Crippen LogP contribution < -0.4 is 10.3 Å². The molecule has 0 bridgehead atoms. The Kier molecular flexibility index (Phi) is 23.2. The first-order chi connectivity index (χ1) is 48.5. The Balaban J connectivity index is 0.000000128. The molecule has 0 atom stereocenters. The number of hydrogen-bond acceptors (Lipinski definition) is 10. The summed E-state index contributed by atoms with van der Waals surface area (Å²) < 4.78 is 129. The first-order valence-electron chi connectivity index (χ1n) is 33.8. The van der Waals surface area contributed by atoms with Crippen LogP contribution in [0.5, 0.6) is 0 Å². The number of piperidine rings is 1. The lowest BCUT2D eigenvalue weighted by Crippen LogP contribution is -2.39. The summed E-state index contributed by atoms with van der Waals surface area (Å²) in [6.07, 6.45) is 20.8. The second-order valence-corrected chi connectivity index (χ2v) is 33.5. The Hall–Kier alpha value is -8.39. The fraction of sp³-hybridized carbons (Fsp3) is 0.338. The zero-order valence-corrected chi connectivity index (χ0v) is 61.2. The molecule has 0 radical (unpaired) electrons. The van der Waals surface area contributed by atoms with Gasteiger partial charge in [0.15, 0.2) is 0 Å². The van der Waals surface area contributed by atoms with Crippen LogP contribution >= 0.6 is 0 Å². The number of hydrogen-bond donors (Lipinski definition) is 7. The zero-order valence-electron chi connectivity index (χ0n) is 58.0. The monoisotopic (exact) mass is 1470 g/mol. The van der Waals surface area contributed by atoms with E-state index < -0.39 is 40.5 Å². The van der Waals surface area contributed by atoms with Gasteiger partial charge >= 0.3 is 0 Å². The molecule has 1 amide bonds. The maximum atomic E-state index is 13.3. The number of amides is 1. The number of ether oxygens (including phenoxy) is 1. The number of aromatic amines is 5. The molecule has 0 unspecified atom stereocenters. The third-order valence-corrected chi connectivity index (χ3v) is 23.9. The van der Waals surface area contributed by atoms with Crippen molar-refractivity contribution in [1.82, 2.24) is 47.0 Å². The molecule has 0 aliphatic carbocycles. The Morgan fingerprint density at radius 3 is 1.36 bits per heavy atom. The summed E-state index contributed by atoms with van der Waals surface area (Å²) in [5.41, 5.74) is 17.7. The van der Waals surface area contributed by atoms with Gasteiger partial charge in [-0.2, -0.15) is 29.8 Å². The van der Waals surface area contributed by atoms with Gasteiger partial charge in [-0.3, -0.25) is 4.79 Å². The molecule has 542 valence electrons. The van der Waals surface area contributed by atoms with Crippen LogP contribution in [0.25, 0.3) is 76.8 Å². The molecule has 5 aromatic heterocycles. The van der Waals surface area contributed by atoms with Gasteiger partial charge in [-0.05, 0) is 155 Å². The molecule has 10 aromatic rings. The molecule has 0 saturated carbocycles. The second kappa shape index (κ2) is 31.7. The number of nitrogens with zero attached hydrogens (tertiary/aromatic N) is 5. The number of halogens is 2. The van der Waals surface area contributed by atoms with Gasteiger partial charge in [0.1, 0.15) is 18.2 Å². The number of H-pyrrole nitrogens is 5. The quantitative estimate of drug-likeness (QED) is 0.0606. The molecule has 10 heterocycles. The standard InChI is InChI=1S/C18H21FN2O2.C15H20N2O2S.C15H18N2O2S.C13H14FN3O2S.C13H15N3O2S/c1-12(2)23-11-18(22)21-7-5-13(6-8-21)16-10-20-17-9-14(19)3-4-15(16)17;2*1-11-15(13-5-3-4-6-14(13)16-11)12-7-9-17(10-8-12)20(2,18)19;14-10-1-2-11-12(8-16-13(11)7-10)9-3-5-17(6-4-9)20(15,18)19;14-19(17,18)16-7-5-10(6-8-16)12-9-15-13-4-2-1-3-11(12)13/h3-5,9-10,12,20H,6-8,11H2,1-2H3;3-6,12,16H,7-10H2,1-2H3;3-7,16H,8-10H2,1-2H3;1-3,7-8,16H,4-6H2,(H2,15,18,19);1-5,9,15H,6-8H2,(H2,14,17,18). The molecule has 1 saturated heterocycles. The topological polar surface area (TPSA) is 310 Å². The van der Waals surface area contributed by atoms with E-state index in [1.807, 2.05) is 87.1 Å². The first kappa shape index (κ1) is 74.8. The minimum atomic E-state index is -3.63. The number of benzene rings is 5. The number of aromatic nitrogens is 5. The molecule has 28 heteroatoms. The highest BCUT2D eigenvalue weighted by Gasteiger charge is 2.30. The summed E-state index contributed by atoms with van der Waals surface area (Å²) in [6, 6.07) is 34.0. The normalized spacial score (nSPS) is 17.2. The summed E-state index contributed by atoms with van der Waals surface area (Å²) >= 11 is 0. The Labute approximate surface area is 594 Å². The lowest BCUT2D eigenvalue weighted by atomic mass is 9.88. The zero-order chi connectivity index (χ0) is 72.8. The van der Waals surface area contributed by atoms with Gasteiger partial charge in [-0.25, -0.2) is 40.2 Å². The molecule has 15 rings (SSSR count). The van der Waals surface area contributed by atoms with Gasteiger partial charge < -0.3 is 34.6 Å². The molecule has 1 fully saturated rings. The van der Waals surface area contributed by atoms with Crippen molar-refractivity contribution in [2.45, 2.75) is 78.2 Å². The predicted octanol–water partition coefficient (Wildman–Crippen LogP) is 11.5. The summed E-state index contributed by atoms with van der Waals surface area (Å²) in [5.74, 6) is -0.0616. The van der Waals surface area contributed by atoms with E-state index in [0.717, 1.165) is 97.4 Å². The minimum absolute atomic E-state index is 0.0231. The highest BCUT2D eigenvalue weighted by molar-refractivity contribution is 7.88. The van der Waals surface area contributed by atoms with Gasteiger partial charge in [0.2, 0.25) is 26.0 Å². The van der Waals surface area contributed by atoms with Crippen molar-refractivity contribution >= 4 is 123 Å². The van der Waals surface area contributed by atoms with Crippen LogP contribution in [0.3, 0.4) is 0 Å². The van der Waals surface area contributed by atoms with E-state index in [1.165, 1.54) is 93.9 Å². The predicted molar refractivity (Wildman–Crippen MR) is 403 cm³/mol. The molecule has 5 aromatic carbocycles. The number of fused-ring (bicyclic) bond motifs is 5. The lowest BCUT2D eigenvalue weighted by molar-refractivity contribution is -0.137. The van der Waals surface area contributed by atoms with Crippen LogP contribution in [0.4, 0.5) is 8.78 Å². The largest absolute Gasteiger partial charge is 0.369 e. The van der Waals surface area contributed by atoms with Crippen molar-refractivity contribution in [3.05, 3.63) is 203 Å². The van der Waals surface area contributed by atoms with Crippen molar-refractivity contribution in [3.8, 4) is 0 Å². The third-order valence-electron chi connectivity index (χ3n) is 19.2. The van der Waals surface area contributed by atoms with E-state index in [-0.39, 0.29) is 36.8 Å². The molecule has 5 aliphatic rings. The number of carbonyl (C=O) groups is 1. The van der Waals surface area contributed by atoms with Crippen LogP contribution in [0, 0.1) is 25.5 Å². The van der Waals surface area contributed by atoms with E-state index in [9.17, 15) is 47.2 Å². The van der Waals surface area contributed by atoms with Crippen molar-refractivity contribution < 1.29 is 52.0 Å². The SMILES string of the molecule is CC(C)OCC(=O)N1CC=C(c2c[nH]c3cc(F)ccc23)CC1.Cc1[nH]c2ccccc2c1C1=CCN(S(C)(=O)=O)CC1.Cc1[nH]c2ccccc2c1C1CCN(S(C)(=O)=O)CC1.NS(=O)(=O)N1CC=C(c2c[nH]c3cc(F)ccc23)CC1.NS(=O)(=O)N1CC=C(c2c[nH]c3ccccc23)CC1. The fourth-order valence-electron chi connectivity index (χ4n) is 14.0. The Morgan fingerprint density at radius 2 is 0.902 bits per heavy atom. The highest BCUT2D eigenvalue weighted by Crippen LogP contribution is 2.38. The smallest absolute Gasteiger partial charge is 0.277 e. The average molecular weight is 1470 g/mol. The first-order valence-corrected chi connectivity index (χ1v) is 40.6. The maximum absolute atomic E-state index is 13.3. The van der Waals surface area contributed by atoms with Gasteiger partial charge in [0.25, 0.3) is 20.4 Å². The lowest BCUT2D eigenvalue weighted by Gasteiger charge is -2.30. The number of para-hydroxylation sites is 3. The van der Waals surface area contributed by atoms with E-state index in [0.29, 0.717) is 77.7 Å². The molecule has 5 aliphatic heterocycles.